The molecule has 0 bridgehead atoms. The van der Waals surface area contributed by atoms with Crippen molar-refractivity contribution in [3.8, 4) is 0 Å². The molecule has 5 nitrogen and oxygen atoms in total. The van der Waals surface area contributed by atoms with Crippen molar-refractivity contribution in [2.45, 2.75) is 33.7 Å². The first-order valence-electron chi connectivity index (χ1n) is 10.0. The Labute approximate surface area is 166 Å². The van der Waals surface area contributed by atoms with Gasteiger partial charge in [-0.25, -0.2) is 4.39 Å². The van der Waals surface area contributed by atoms with Crippen molar-refractivity contribution >= 4 is 5.91 Å². The summed E-state index contributed by atoms with van der Waals surface area (Å²) in [6, 6.07) is 6.75. The molecule has 1 aromatic carbocycles. The fraction of sp³-hybridized carbons (Fsp3) is 0.500. The fourth-order valence-corrected chi connectivity index (χ4v) is 3.99. The maximum absolute atomic E-state index is 14.2. The summed E-state index contributed by atoms with van der Waals surface area (Å²) >= 11 is 0. The Morgan fingerprint density at radius 2 is 1.93 bits per heavy atom. The van der Waals surface area contributed by atoms with Crippen molar-refractivity contribution in [3.05, 3.63) is 58.2 Å². The zero-order valence-corrected chi connectivity index (χ0v) is 17.1. The highest BCUT2D eigenvalue weighted by Crippen LogP contribution is 2.24. The maximum Gasteiger partial charge on any atom is 0.268 e. The second-order valence-corrected chi connectivity index (χ2v) is 7.28. The standard InChI is InChI=1S/C22H30FN3O2/c1-4-19-16(2)21(22(27)24-9-10-25-11-13-28-14-12-25)26(17(19)3)15-18-7-5-6-8-20(18)23/h5-8H,4,9-15H2,1-3H3,(H,24,27). The van der Waals surface area contributed by atoms with E-state index >= 15 is 0 Å². The molecule has 1 amide bonds. The summed E-state index contributed by atoms with van der Waals surface area (Å²) in [5.41, 5.74) is 4.40. The number of aromatic nitrogens is 1. The summed E-state index contributed by atoms with van der Waals surface area (Å²) in [6.07, 6.45) is 0.843. The van der Waals surface area contributed by atoms with E-state index in [0.717, 1.165) is 56.1 Å². The van der Waals surface area contributed by atoms with Crippen molar-refractivity contribution in [3.63, 3.8) is 0 Å². The topological polar surface area (TPSA) is 46.5 Å². The van der Waals surface area contributed by atoms with Gasteiger partial charge in [0.1, 0.15) is 11.5 Å². The van der Waals surface area contributed by atoms with Gasteiger partial charge >= 0.3 is 0 Å². The Bertz CT molecular complexity index is 825. The molecule has 0 spiro atoms. The Kier molecular flexibility index (Phi) is 6.86. The molecular weight excluding hydrogens is 357 g/mol. The minimum Gasteiger partial charge on any atom is -0.379 e. The van der Waals surface area contributed by atoms with Crippen LogP contribution in [0.4, 0.5) is 4.39 Å². The summed E-state index contributed by atoms with van der Waals surface area (Å²) in [5.74, 6) is -0.338. The van der Waals surface area contributed by atoms with Crippen LogP contribution in [-0.2, 0) is 17.7 Å². The third-order valence-electron chi connectivity index (χ3n) is 5.59. The van der Waals surface area contributed by atoms with Gasteiger partial charge in [0.25, 0.3) is 5.91 Å². The maximum atomic E-state index is 14.2. The number of hydrogen-bond acceptors (Lipinski definition) is 3. The Morgan fingerprint density at radius 1 is 1.21 bits per heavy atom. The van der Waals surface area contributed by atoms with Crippen LogP contribution in [0.2, 0.25) is 0 Å². The molecule has 3 rings (SSSR count). The monoisotopic (exact) mass is 387 g/mol. The number of rotatable bonds is 7. The molecule has 1 fully saturated rings. The number of ether oxygens (including phenoxy) is 1. The minimum absolute atomic E-state index is 0.0927. The molecule has 0 atom stereocenters. The highest BCUT2D eigenvalue weighted by molar-refractivity contribution is 5.95. The summed E-state index contributed by atoms with van der Waals surface area (Å²) < 4.78 is 21.5. The average Bonchev–Trinajstić information content (AvgIpc) is 2.93. The summed E-state index contributed by atoms with van der Waals surface area (Å²) in [6.45, 7) is 11.1. The fourth-order valence-electron chi connectivity index (χ4n) is 3.99. The molecule has 1 saturated heterocycles. The molecule has 0 unspecified atom stereocenters. The van der Waals surface area contributed by atoms with Gasteiger partial charge in [-0.3, -0.25) is 9.69 Å². The van der Waals surface area contributed by atoms with Crippen LogP contribution in [0.5, 0.6) is 0 Å². The summed E-state index contributed by atoms with van der Waals surface area (Å²) in [7, 11) is 0. The SMILES string of the molecule is CCc1c(C)c(C(=O)NCCN2CCOCC2)n(Cc2ccccc2F)c1C. The van der Waals surface area contributed by atoms with Crippen molar-refractivity contribution in [1.82, 2.24) is 14.8 Å². The molecule has 2 heterocycles. The number of carbonyl (C=O) groups is 1. The van der Waals surface area contributed by atoms with E-state index in [-0.39, 0.29) is 11.7 Å². The van der Waals surface area contributed by atoms with Gasteiger partial charge in [0.15, 0.2) is 0 Å². The van der Waals surface area contributed by atoms with Crippen LogP contribution in [0.25, 0.3) is 0 Å². The van der Waals surface area contributed by atoms with Crippen LogP contribution in [0.3, 0.4) is 0 Å². The van der Waals surface area contributed by atoms with Crippen molar-refractivity contribution in [1.29, 1.82) is 0 Å². The van der Waals surface area contributed by atoms with Gasteiger partial charge in [0, 0.05) is 37.4 Å². The zero-order chi connectivity index (χ0) is 20.1. The smallest absolute Gasteiger partial charge is 0.268 e. The van der Waals surface area contributed by atoms with Gasteiger partial charge in [-0.05, 0) is 37.5 Å². The predicted octanol–water partition coefficient (Wildman–Crippen LogP) is 2.92. The lowest BCUT2D eigenvalue weighted by molar-refractivity contribution is 0.0383. The minimum atomic E-state index is -0.245. The molecule has 0 radical (unpaired) electrons. The van der Waals surface area contributed by atoms with Crippen LogP contribution in [0.15, 0.2) is 24.3 Å². The van der Waals surface area contributed by atoms with E-state index in [1.54, 1.807) is 12.1 Å². The third kappa shape index (κ3) is 4.45. The van der Waals surface area contributed by atoms with Crippen LogP contribution < -0.4 is 5.32 Å². The largest absolute Gasteiger partial charge is 0.379 e. The van der Waals surface area contributed by atoms with Gasteiger partial charge in [0.2, 0.25) is 0 Å². The average molecular weight is 387 g/mol. The first kappa shape index (κ1) is 20.6. The van der Waals surface area contributed by atoms with Crippen LogP contribution in [0.1, 0.15) is 39.8 Å². The number of amides is 1. The number of hydrogen-bond donors (Lipinski definition) is 1. The zero-order valence-electron chi connectivity index (χ0n) is 17.1. The van der Waals surface area contributed by atoms with Crippen LogP contribution >= 0.6 is 0 Å². The molecule has 2 aromatic rings. The molecule has 28 heavy (non-hydrogen) atoms. The second kappa shape index (κ2) is 9.34. The lowest BCUT2D eigenvalue weighted by Crippen LogP contribution is -2.41. The number of carbonyl (C=O) groups excluding carboxylic acids is 1. The van der Waals surface area contributed by atoms with Gasteiger partial charge in [-0.2, -0.15) is 0 Å². The summed E-state index contributed by atoms with van der Waals surface area (Å²) in [5, 5.41) is 3.06. The molecule has 1 aliphatic rings. The van der Waals surface area contributed by atoms with E-state index in [1.807, 2.05) is 24.5 Å². The molecular formula is C22H30FN3O2. The van der Waals surface area contributed by atoms with E-state index in [9.17, 15) is 9.18 Å². The molecule has 6 heteroatoms. The highest BCUT2D eigenvalue weighted by atomic mass is 19.1. The lowest BCUT2D eigenvalue weighted by atomic mass is 10.1. The Morgan fingerprint density at radius 3 is 2.61 bits per heavy atom. The van der Waals surface area contributed by atoms with E-state index in [4.69, 9.17) is 4.74 Å². The highest BCUT2D eigenvalue weighted by Gasteiger charge is 2.22. The van der Waals surface area contributed by atoms with Crippen molar-refractivity contribution in [2.75, 3.05) is 39.4 Å². The van der Waals surface area contributed by atoms with Crippen molar-refractivity contribution < 1.29 is 13.9 Å². The van der Waals surface area contributed by atoms with E-state index in [1.165, 1.54) is 6.07 Å². The Hall–Kier alpha value is -2.18. The normalized spacial score (nSPS) is 15.0. The molecule has 152 valence electrons. The number of halogens is 1. The van der Waals surface area contributed by atoms with E-state index in [2.05, 4.69) is 17.1 Å². The number of nitrogens with zero attached hydrogens (tertiary/aromatic N) is 2. The molecule has 1 aliphatic heterocycles. The van der Waals surface area contributed by atoms with Gasteiger partial charge in [-0.15, -0.1) is 0 Å². The molecule has 1 N–H and O–H groups in total. The van der Waals surface area contributed by atoms with Gasteiger partial charge in [-0.1, -0.05) is 25.1 Å². The molecule has 1 aromatic heterocycles. The van der Waals surface area contributed by atoms with E-state index in [0.29, 0.717) is 24.3 Å². The number of morpholine rings is 1. The van der Waals surface area contributed by atoms with Gasteiger partial charge in [0.05, 0.1) is 19.8 Å². The predicted molar refractivity (Wildman–Crippen MR) is 108 cm³/mol. The Balaban J connectivity index is 1.78. The van der Waals surface area contributed by atoms with Crippen LogP contribution in [0, 0.1) is 19.7 Å². The molecule has 0 aliphatic carbocycles. The van der Waals surface area contributed by atoms with Gasteiger partial charge < -0.3 is 14.6 Å². The molecule has 0 saturated carbocycles. The number of benzene rings is 1. The number of nitrogens with one attached hydrogen (secondary N) is 1. The van der Waals surface area contributed by atoms with Crippen molar-refractivity contribution in [2.24, 2.45) is 0 Å². The second-order valence-electron chi connectivity index (χ2n) is 7.28. The first-order valence-corrected chi connectivity index (χ1v) is 10.0. The lowest BCUT2D eigenvalue weighted by Gasteiger charge is -2.26. The quantitative estimate of drug-likeness (QED) is 0.795. The van der Waals surface area contributed by atoms with Crippen LogP contribution in [-0.4, -0.2) is 54.8 Å². The first-order chi connectivity index (χ1) is 13.5. The van der Waals surface area contributed by atoms with E-state index < -0.39 is 0 Å². The summed E-state index contributed by atoms with van der Waals surface area (Å²) in [4.78, 5) is 15.3. The third-order valence-corrected chi connectivity index (χ3v) is 5.59.